The first-order valence-corrected chi connectivity index (χ1v) is 28.5. The Morgan fingerprint density at radius 3 is 1.25 bits per heavy atom. The molecule has 10 heteroatoms. The Bertz CT molecular complexity index is 1470. The lowest BCUT2D eigenvalue weighted by Gasteiger charge is -2.24. The van der Waals surface area contributed by atoms with E-state index in [0.717, 1.165) is 103 Å². The maximum atomic E-state index is 12.8. The van der Waals surface area contributed by atoms with E-state index in [2.05, 4.69) is 111 Å². The van der Waals surface area contributed by atoms with Crippen LogP contribution >= 0.6 is 7.82 Å². The molecule has 0 spiro atoms. The molecule has 390 valence electrons. The number of carbonyl (C=O) groups is 2. The van der Waals surface area contributed by atoms with Gasteiger partial charge >= 0.3 is 19.8 Å². The molecular formula is C58H101NO8P+. The van der Waals surface area contributed by atoms with E-state index in [-0.39, 0.29) is 32.0 Å². The fraction of sp³-hybridized carbons (Fsp3) is 0.690. The summed E-state index contributed by atoms with van der Waals surface area (Å²) in [4.78, 5) is 35.6. The number of quaternary nitrogens is 1. The summed E-state index contributed by atoms with van der Waals surface area (Å²) in [5.74, 6) is -0.830. The molecule has 0 aromatic heterocycles. The van der Waals surface area contributed by atoms with Gasteiger partial charge in [-0.3, -0.25) is 18.6 Å². The number of nitrogens with zero attached hydrogens (tertiary/aromatic N) is 1. The Morgan fingerprint density at radius 2 is 0.838 bits per heavy atom. The van der Waals surface area contributed by atoms with Gasteiger partial charge in [0.25, 0.3) is 0 Å². The molecule has 2 atom stereocenters. The van der Waals surface area contributed by atoms with E-state index < -0.39 is 26.5 Å². The minimum absolute atomic E-state index is 0.0215. The second-order valence-electron chi connectivity index (χ2n) is 18.9. The number of rotatable bonds is 48. The molecule has 0 fully saturated rings. The van der Waals surface area contributed by atoms with Crippen molar-refractivity contribution in [1.82, 2.24) is 0 Å². The number of carbonyl (C=O) groups excluding carboxylic acids is 2. The third-order valence-corrected chi connectivity index (χ3v) is 12.1. The van der Waals surface area contributed by atoms with Crippen molar-refractivity contribution >= 4 is 19.8 Å². The Hall–Kier alpha value is -3.07. The van der Waals surface area contributed by atoms with Crippen molar-refractivity contribution in [1.29, 1.82) is 0 Å². The van der Waals surface area contributed by atoms with Crippen LogP contribution in [-0.2, 0) is 32.7 Å². The van der Waals surface area contributed by atoms with Crippen molar-refractivity contribution in [3.05, 3.63) is 97.2 Å². The number of hydrogen-bond donors (Lipinski definition) is 1. The Kier molecular flexibility index (Phi) is 46.7. The first-order valence-electron chi connectivity index (χ1n) is 27.0. The molecule has 0 bridgehead atoms. The van der Waals surface area contributed by atoms with Gasteiger partial charge in [0, 0.05) is 12.8 Å². The Labute approximate surface area is 417 Å². The van der Waals surface area contributed by atoms with Crippen LogP contribution < -0.4 is 0 Å². The second kappa shape index (κ2) is 48.9. The molecular weight excluding hydrogens is 870 g/mol. The highest BCUT2D eigenvalue weighted by molar-refractivity contribution is 7.47. The normalized spacial score (nSPS) is 14.1. The zero-order chi connectivity index (χ0) is 49.9. The van der Waals surface area contributed by atoms with Gasteiger partial charge in [-0.05, 0) is 96.3 Å². The fourth-order valence-corrected chi connectivity index (χ4v) is 7.67. The summed E-state index contributed by atoms with van der Waals surface area (Å²) in [5.41, 5.74) is 0. The van der Waals surface area contributed by atoms with Crippen molar-refractivity contribution in [2.24, 2.45) is 0 Å². The molecule has 1 N–H and O–H groups in total. The van der Waals surface area contributed by atoms with Crippen LogP contribution in [0.1, 0.15) is 206 Å². The van der Waals surface area contributed by atoms with Gasteiger partial charge in [0.05, 0.1) is 27.7 Å². The summed E-state index contributed by atoms with van der Waals surface area (Å²) < 4.78 is 34.5. The van der Waals surface area contributed by atoms with E-state index in [1.54, 1.807) is 0 Å². The fourth-order valence-electron chi connectivity index (χ4n) is 6.93. The van der Waals surface area contributed by atoms with Crippen molar-refractivity contribution in [3.63, 3.8) is 0 Å². The molecule has 9 nitrogen and oxygen atoms in total. The van der Waals surface area contributed by atoms with Crippen LogP contribution in [0.4, 0.5) is 0 Å². The maximum absolute atomic E-state index is 12.8. The number of hydrogen-bond acceptors (Lipinski definition) is 7. The third-order valence-electron chi connectivity index (χ3n) is 11.1. The molecule has 0 aliphatic rings. The van der Waals surface area contributed by atoms with Crippen molar-refractivity contribution in [2.45, 2.75) is 213 Å². The Morgan fingerprint density at radius 1 is 0.471 bits per heavy atom. The molecule has 0 radical (unpaired) electrons. The highest BCUT2D eigenvalue weighted by Crippen LogP contribution is 2.43. The summed E-state index contributed by atoms with van der Waals surface area (Å²) in [6.07, 6.45) is 66.0. The van der Waals surface area contributed by atoms with Crippen LogP contribution in [0, 0.1) is 0 Å². The zero-order valence-corrected chi connectivity index (χ0v) is 45.0. The predicted molar refractivity (Wildman–Crippen MR) is 288 cm³/mol. The number of phosphoric ester groups is 1. The van der Waals surface area contributed by atoms with Crippen LogP contribution in [0.25, 0.3) is 0 Å². The number of unbranched alkanes of at least 4 members (excludes halogenated alkanes) is 18. The standard InChI is InChI=1S/C58H100NO8P/c1-6-8-10-12-14-16-18-20-22-24-26-28-29-31-33-35-37-39-41-43-45-47-49-51-58(61)67-56(55-66-68(62,63)65-53-52-59(3,4)5)54-64-57(60)50-48-46-44-42-40-38-36-34-32-30-27-25-23-21-19-17-15-13-11-9-7-2/h8,10,14,16,19-22,25-28,31-34,56H,6-7,9,11-13,15,17-18,23-24,29-30,35-55H2,1-5H3/p+1/b10-8-,16-14-,21-19-,22-20-,27-25-,28-26-,33-31-,34-32-. The van der Waals surface area contributed by atoms with Gasteiger partial charge in [0.2, 0.25) is 0 Å². The monoisotopic (exact) mass is 971 g/mol. The van der Waals surface area contributed by atoms with Gasteiger partial charge in [-0.25, -0.2) is 4.57 Å². The SMILES string of the molecule is CC/C=C\C/C=C\C/C=C\C/C=C\C/C=C\CCCCCCCCCC(=O)OC(COC(=O)CCCCCCCC/C=C\C/C=C\C/C=C\CCCCCCC)COP(=O)(O)OCC[N+](C)(C)C. The predicted octanol–water partition coefficient (Wildman–Crippen LogP) is 16.5. The van der Waals surface area contributed by atoms with Crippen LogP contribution in [-0.4, -0.2) is 74.9 Å². The zero-order valence-electron chi connectivity index (χ0n) is 44.1. The van der Waals surface area contributed by atoms with Gasteiger partial charge in [-0.2, -0.15) is 0 Å². The summed E-state index contributed by atoms with van der Waals surface area (Å²) in [6.45, 7) is 4.27. The van der Waals surface area contributed by atoms with Crippen molar-refractivity contribution in [3.8, 4) is 0 Å². The minimum Gasteiger partial charge on any atom is -0.462 e. The van der Waals surface area contributed by atoms with E-state index in [1.807, 2.05) is 21.1 Å². The molecule has 0 saturated carbocycles. The average molecular weight is 971 g/mol. The lowest BCUT2D eigenvalue weighted by Crippen LogP contribution is -2.37. The second-order valence-corrected chi connectivity index (χ2v) is 20.3. The van der Waals surface area contributed by atoms with Crippen LogP contribution in [0.15, 0.2) is 97.2 Å². The third kappa shape index (κ3) is 52.3. The van der Waals surface area contributed by atoms with Gasteiger partial charge in [0.15, 0.2) is 6.10 Å². The summed E-state index contributed by atoms with van der Waals surface area (Å²) in [6, 6.07) is 0. The van der Waals surface area contributed by atoms with Gasteiger partial charge in [-0.15, -0.1) is 0 Å². The minimum atomic E-state index is -4.40. The van der Waals surface area contributed by atoms with E-state index in [9.17, 15) is 19.0 Å². The summed E-state index contributed by atoms with van der Waals surface area (Å²) in [7, 11) is 1.45. The number of esters is 2. The topological polar surface area (TPSA) is 108 Å². The molecule has 0 rings (SSSR count). The number of phosphoric acid groups is 1. The highest BCUT2D eigenvalue weighted by Gasteiger charge is 2.27. The summed E-state index contributed by atoms with van der Waals surface area (Å²) >= 11 is 0. The van der Waals surface area contributed by atoms with Crippen LogP contribution in [0.5, 0.6) is 0 Å². The first kappa shape index (κ1) is 64.9. The van der Waals surface area contributed by atoms with E-state index >= 15 is 0 Å². The number of ether oxygens (including phenoxy) is 2. The lowest BCUT2D eigenvalue weighted by molar-refractivity contribution is -0.870. The molecule has 0 aliphatic carbocycles. The largest absolute Gasteiger partial charge is 0.472 e. The molecule has 0 aliphatic heterocycles. The van der Waals surface area contributed by atoms with E-state index in [1.165, 1.54) is 70.6 Å². The summed E-state index contributed by atoms with van der Waals surface area (Å²) in [5, 5.41) is 0. The Balaban J connectivity index is 4.31. The molecule has 0 heterocycles. The van der Waals surface area contributed by atoms with Crippen molar-refractivity contribution in [2.75, 3.05) is 47.5 Å². The van der Waals surface area contributed by atoms with Crippen LogP contribution in [0.3, 0.4) is 0 Å². The quantitative estimate of drug-likeness (QED) is 0.0211. The smallest absolute Gasteiger partial charge is 0.462 e. The molecule has 0 aromatic carbocycles. The van der Waals surface area contributed by atoms with Gasteiger partial charge in [0.1, 0.15) is 19.8 Å². The molecule has 68 heavy (non-hydrogen) atoms. The number of likely N-dealkylation sites (N-methyl/N-ethyl adjacent to an activating group) is 1. The molecule has 0 saturated heterocycles. The maximum Gasteiger partial charge on any atom is 0.472 e. The highest BCUT2D eigenvalue weighted by atomic mass is 31.2. The molecule has 0 amide bonds. The first-order chi connectivity index (χ1) is 33.0. The van der Waals surface area contributed by atoms with E-state index in [0.29, 0.717) is 17.4 Å². The molecule has 2 unspecified atom stereocenters. The van der Waals surface area contributed by atoms with Crippen LogP contribution in [0.2, 0.25) is 0 Å². The van der Waals surface area contributed by atoms with Gasteiger partial charge < -0.3 is 18.9 Å². The van der Waals surface area contributed by atoms with Gasteiger partial charge in [-0.1, -0.05) is 195 Å². The number of allylic oxidation sites excluding steroid dienone is 16. The average Bonchev–Trinajstić information content (AvgIpc) is 3.30. The molecule has 0 aromatic rings. The van der Waals surface area contributed by atoms with E-state index in [4.69, 9.17) is 18.5 Å². The lowest BCUT2D eigenvalue weighted by atomic mass is 10.1. The van der Waals surface area contributed by atoms with Crippen molar-refractivity contribution < 1.29 is 42.1 Å².